The van der Waals surface area contributed by atoms with Crippen molar-refractivity contribution in [3.8, 4) is 11.1 Å². The highest BCUT2D eigenvalue weighted by molar-refractivity contribution is 7.90. The van der Waals surface area contributed by atoms with Crippen LogP contribution in [0.3, 0.4) is 0 Å². The summed E-state index contributed by atoms with van der Waals surface area (Å²) in [6, 6.07) is 13.4. The lowest BCUT2D eigenvalue weighted by Gasteiger charge is -2.15. The molecule has 0 spiro atoms. The summed E-state index contributed by atoms with van der Waals surface area (Å²) >= 11 is 6.47. The van der Waals surface area contributed by atoms with E-state index in [2.05, 4.69) is 16.4 Å². The second-order valence-corrected chi connectivity index (χ2v) is 11.8. The van der Waals surface area contributed by atoms with Crippen molar-refractivity contribution in [2.75, 3.05) is 0 Å². The van der Waals surface area contributed by atoms with Crippen molar-refractivity contribution in [1.82, 2.24) is 14.3 Å². The number of hydrogen-bond acceptors (Lipinski definition) is 5. The normalized spacial score (nSPS) is 11.7. The van der Waals surface area contributed by atoms with Crippen LogP contribution < -0.4 is 10.3 Å². The minimum Gasteiger partial charge on any atom is -0.619 e. The lowest BCUT2D eigenvalue weighted by atomic mass is 10.0. The van der Waals surface area contributed by atoms with Crippen molar-refractivity contribution in [2.24, 2.45) is 0 Å². The van der Waals surface area contributed by atoms with E-state index in [1.807, 2.05) is 25.1 Å². The number of sulfonamides is 1. The van der Waals surface area contributed by atoms with Crippen molar-refractivity contribution >= 4 is 50.8 Å². The number of nitrogens with one attached hydrogen (secondary N) is 2. The van der Waals surface area contributed by atoms with Crippen LogP contribution in [-0.4, -0.2) is 40.6 Å². The molecule has 0 aliphatic heterocycles. The summed E-state index contributed by atoms with van der Waals surface area (Å²) < 4.78 is 29.6. The van der Waals surface area contributed by atoms with Crippen LogP contribution in [0.2, 0.25) is 5.02 Å². The summed E-state index contributed by atoms with van der Waals surface area (Å²) in [7, 11) is -4.00. The molecular formula is C27H27ClN4O5S. The van der Waals surface area contributed by atoms with Crippen LogP contribution in [0.5, 0.6) is 0 Å². The Morgan fingerprint density at radius 2 is 1.95 bits per heavy atom. The van der Waals surface area contributed by atoms with Crippen molar-refractivity contribution in [1.29, 1.82) is 0 Å². The van der Waals surface area contributed by atoms with Gasteiger partial charge in [0.1, 0.15) is 12.4 Å². The number of aromatic amines is 1. The molecular weight excluding hydrogens is 528 g/mol. The largest absolute Gasteiger partial charge is 0.619 e. The van der Waals surface area contributed by atoms with Crippen molar-refractivity contribution in [3.63, 3.8) is 0 Å². The van der Waals surface area contributed by atoms with Gasteiger partial charge in [0.25, 0.3) is 11.5 Å². The first kappa shape index (κ1) is 27.2. The third-order valence-electron chi connectivity index (χ3n) is 6.34. The number of benzene rings is 2. The third-order valence-corrected chi connectivity index (χ3v) is 8.42. The summed E-state index contributed by atoms with van der Waals surface area (Å²) in [6.45, 7) is 8.28. The number of hydrogen-bond donors (Lipinski definition) is 2. The fourth-order valence-electron chi connectivity index (χ4n) is 4.22. The van der Waals surface area contributed by atoms with Gasteiger partial charge in [0.05, 0.1) is 11.8 Å². The van der Waals surface area contributed by atoms with Crippen LogP contribution in [0.25, 0.3) is 22.0 Å². The summed E-state index contributed by atoms with van der Waals surface area (Å²) in [6.07, 6.45) is 2.18. The number of aryl methyl sites for hydroxylation is 1. The Hall–Kier alpha value is -3.89. The Balaban J connectivity index is 2.09. The fourth-order valence-corrected chi connectivity index (χ4v) is 4.98. The molecule has 0 saturated heterocycles. The molecule has 0 radical (unpaired) electrons. The first-order chi connectivity index (χ1) is 17.9. The number of H-pyrrole nitrogens is 1. The standard InChI is InChI=1S/C27H27ClN4O5S/c1-5-17-8-11-23-21(13-17)24(20-7-6-12-29-26(20)33)25(27(34)30-38(36,37)16(2)3)32(23)15-18-14-19(31(4)35)9-10-22(18)28/h6-14,16H,4-5,15H2,1-3H3,(H,29,33)(H,30,34). The molecule has 0 aliphatic rings. The number of aromatic nitrogens is 2. The number of amides is 1. The summed E-state index contributed by atoms with van der Waals surface area (Å²) in [5, 5.41) is 11.9. The van der Waals surface area contributed by atoms with Crippen molar-refractivity contribution in [2.45, 2.75) is 39.0 Å². The maximum atomic E-state index is 13.7. The SMILES string of the molecule is C=[N+]([O-])c1ccc(Cl)c(Cn2c(C(=O)NS(=O)(=O)C(C)C)c(-c3ccc[nH]c3=O)c3cc(CC)ccc32)c1. The third kappa shape index (κ3) is 5.09. The molecule has 0 unspecified atom stereocenters. The Morgan fingerprint density at radius 1 is 1.21 bits per heavy atom. The smallest absolute Gasteiger partial charge is 0.282 e. The molecule has 9 nitrogen and oxygen atoms in total. The van der Waals surface area contributed by atoms with E-state index < -0.39 is 26.7 Å². The second kappa shape index (κ2) is 10.5. The van der Waals surface area contributed by atoms with Gasteiger partial charge in [-0.05, 0) is 61.7 Å². The molecule has 2 aromatic heterocycles. The first-order valence-electron chi connectivity index (χ1n) is 11.9. The molecule has 0 bridgehead atoms. The van der Waals surface area contributed by atoms with E-state index in [-0.39, 0.29) is 23.5 Å². The molecule has 0 aliphatic carbocycles. The molecule has 0 atom stereocenters. The van der Waals surface area contributed by atoms with Gasteiger partial charge in [0.2, 0.25) is 15.7 Å². The Morgan fingerprint density at radius 3 is 2.58 bits per heavy atom. The zero-order valence-corrected chi connectivity index (χ0v) is 22.7. The maximum Gasteiger partial charge on any atom is 0.282 e. The van der Waals surface area contributed by atoms with Crippen LogP contribution in [-0.2, 0) is 23.0 Å². The van der Waals surface area contributed by atoms with E-state index in [9.17, 15) is 23.2 Å². The lowest BCUT2D eigenvalue weighted by Crippen LogP contribution is -2.37. The quantitative estimate of drug-likeness (QED) is 0.143. The fraction of sp³-hybridized carbons (Fsp3) is 0.222. The summed E-state index contributed by atoms with van der Waals surface area (Å²) in [5.74, 6) is -0.888. The molecule has 2 heterocycles. The minimum absolute atomic E-state index is 0.0116. The zero-order valence-electron chi connectivity index (χ0n) is 21.1. The van der Waals surface area contributed by atoms with Gasteiger partial charge in [-0.25, -0.2) is 13.1 Å². The van der Waals surface area contributed by atoms with Crippen molar-refractivity contribution < 1.29 is 18.0 Å². The van der Waals surface area contributed by atoms with Crippen LogP contribution >= 0.6 is 11.6 Å². The van der Waals surface area contributed by atoms with E-state index in [0.717, 1.165) is 5.56 Å². The number of carbonyl (C=O) groups excluding carboxylic acids is 1. The molecule has 11 heteroatoms. The predicted octanol–water partition coefficient (Wildman–Crippen LogP) is 4.57. The highest BCUT2D eigenvalue weighted by Crippen LogP contribution is 2.36. The van der Waals surface area contributed by atoms with E-state index in [4.69, 9.17) is 11.6 Å². The molecule has 4 aromatic rings. The van der Waals surface area contributed by atoms with Crippen molar-refractivity contribution in [3.05, 3.63) is 92.1 Å². The topological polar surface area (TPSA) is 127 Å². The molecule has 2 aromatic carbocycles. The minimum atomic E-state index is -4.00. The van der Waals surface area contributed by atoms with E-state index in [1.165, 1.54) is 26.1 Å². The van der Waals surface area contributed by atoms with E-state index in [1.54, 1.807) is 28.8 Å². The Labute approximate surface area is 225 Å². The molecule has 2 N–H and O–H groups in total. The monoisotopic (exact) mass is 554 g/mol. The van der Waals surface area contributed by atoms with Gasteiger partial charge in [-0.3, -0.25) is 9.59 Å². The van der Waals surface area contributed by atoms with Crippen LogP contribution in [0.1, 0.15) is 42.4 Å². The number of nitrogens with zero attached hydrogens (tertiary/aromatic N) is 2. The Kier molecular flexibility index (Phi) is 7.48. The van der Waals surface area contributed by atoms with Gasteiger partial charge in [-0.1, -0.05) is 24.6 Å². The number of rotatable bonds is 8. The zero-order chi connectivity index (χ0) is 27.8. The summed E-state index contributed by atoms with van der Waals surface area (Å²) in [4.78, 5) is 29.3. The number of halogens is 1. The van der Waals surface area contributed by atoms with Crippen LogP contribution in [0, 0.1) is 5.21 Å². The van der Waals surface area contributed by atoms with Gasteiger partial charge in [0, 0.05) is 45.4 Å². The van der Waals surface area contributed by atoms with Gasteiger partial charge in [-0.2, -0.15) is 4.74 Å². The number of fused-ring (bicyclic) bond motifs is 1. The molecule has 1 amide bonds. The van der Waals surface area contributed by atoms with Crippen LogP contribution in [0.15, 0.2) is 59.5 Å². The maximum absolute atomic E-state index is 13.7. The van der Waals surface area contributed by atoms with Crippen LogP contribution in [0.4, 0.5) is 5.69 Å². The highest BCUT2D eigenvalue weighted by Gasteiger charge is 2.29. The average molecular weight is 555 g/mol. The first-order valence-corrected chi connectivity index (χ1v) is 13.8. The molecule has 4 rings (SSSR count). The number of carbonyl (C=O) groups is 1. The molecule has 38 heavy (non-hydrogen) atoms. The van der Waals surface area contributed by atoms with Gasteiger partial charge >= 0.3 is 0 Å². The van der Waals surface area contributed by atoms with E-state index in [0.29, 0.717) is 38.2 Å². The van der Waals surface area contributed by atoms with E-state index >= 15 is 0 Å². The van der Waals surface area contributed by atoms with Gasteiger partial charge in [0.15, 0.2) is 0 Å². The number of pyridine rings is 1. The van der Waals surface area contributed by atoms with Gasteiger partial charge in [-0.15, -0.1) is 0 Å². The molecule has 0 saturated carbocycles. The highest BCUT2D eigenvalue weighted by atomic mass is 35.5. The molecule has 198 valence electrons. The Bertz CT molecular complexity index is 1740. The second-order valence-electron chi connectivity index (χ2n) is 9.11. The van der Waals surface area contributed by atoms with Gasteiger partial charge < -0.3 is 14.8 Å². The summed E-state index contributed by atoms with van der Waals surface area (Å²) in [5.41, 5.74) is 2.34. The molecule has 0 fully saturated rings. The lowest BCUT2D eigenvalue weighted by molar-refractivity contribution is -0.349. The predicted molar refractivity (Wildman–Crippen MR) is 150 cm³/mol. The average Bonchev–Trinajstić information content (AvgIpc) is 3.18.